The van der Waals surface area contributed by atoms with Crippen LogP contribution in [0.15, 0.2) is 0 Å². The molecule has 1 aliphatic rings. The standard InChI is InChI=1S/C12H20N4O2S/c1-8(16-5-3-4-6-16)7-14-11-9(12(17)18-2)10(13)15-19-11/h8,14H,3-7H2,1-2H3,(H2,13,15). The van der Waals surface area contributed by atoms with Crippen molar-refractivity contribution in [3.63, 3.8) is 0 Å². The summed E-state index contributed by atoms with van der Waals surface area (Å²) >= 11 is 1.20. The summed E-state index contributed by atoms with van der Waals surface area (Å²) in [4.78, 5) is 14.1. The van der Waals surface area contributed by atoms with Crippen LogP contribution in [-0.4, -0.2) is 48.0 Å². The number of nitrogens with zero attached hydrogens (tertiary/aromatic N) is 2. The number of rotatable bonds is 5. The lowest BCUT2D eigenvalue weighted by atomic mass is 10.2. The van der Waals surface area contributed by atoms with Crippen molar-refractivity contribution in [2.24, 2.45) is 0 Å². The molecule has 1 aliphatic heterocycles. The Morgan fingerprint density at radius 1 is 1.58 bits per heavy atom. The van der Waals surface area contributed by atoms with Gasteiger partial charge in [-0.3, -0.25) is 4.90 Å². The van der Waals surface area contributed by atoms with Gasteiger partial charge in [0.2, 0.25) is 0 Å². The molecule has 0 amide bonds. The van der Waals surface area contributed by atoms with E-state index < -0.39 is 5.97 Å². The zero-order valence-electron chi connectivity index (χ0n) is 11.3. The highest BCUT2D eigenvalue weighted by atomic mass is 32.1. The van der Waals surface area contributed by atoms with Gasteiger partial charge in [0.15, 0.2) is 5.82 Å². The molecular formula is C12H20N4O2S. The van der Waals surface area contributed by atoms with Gasteiger partial charge in [0.05, 0.1) is 7.11 Å². The highest BCUT2D eigenvalue weighted by molar-refractivity contribution is 7.11. The van der Waals surface area contributed by atoms with Crippen molar-refractivity contribution in [2.45, 2.75) is 25.8 Å². The molecule has 19 heavy (non-hydrogen) atoms. The lowest BCUT2D eigenvalue weighted by Crippen LogP contribution is -2.35. The van der Waals surface area contributed by atoms with Crippen LogP contribution in [-0.2, 0) is 4.74 Å². The molecule has 106 valence electrons. The van der Waals surface area contributed by atoms with Gasteiger partial charge in [-0.2, -0.15) is 4.37 Å². The van der Waals surface area contributed by atoms with Crippen LogP contribution in [0.5, 0.6) is 0 Å². The number of esters is 1. The summed E-state index contributed by atoms with van der Waals surface area (Å²) in [6.45, 7) is 5.25. The van der Waals surface area contributed by atoms with Crippen LogP contribution in [0.25, 0.3) is 0 Å². The fourth-order valence-electron chi connectivity index (χ4n) is 2.27. The minimum absolute atomic E-state index is 0.230. The van der Waals surface area contributed by atoms with E-state index in [1.54, 1.807) is 0 Å². The molecule has 3 N–H and O–H groups in total. The molecule has 0 aliphatic carbocycles. The van der Waals surface area contributed by atoms with E-state index in [-0.39, 0.29) is 5.82 Å². The van der Waals surface area contributed by atoms with E-state index in [1.165, 1.54) is 31.5 Å². The Morgan fingerprint density at radius 2 is 2.26 bits per heavy atom. The van der Waals surface area contributed by atoms with E-state index >= 15 is 0 Å². The van der Waals surface area contributed by atoms with Gasteiger partial charge in [0.1, 0.15) is 10.6 Å². The zero-order chi connectivity index (χ0) is 13.8. The van der Waals surface area contributed by atoms with Crippen LogP contribution in [0.4, 0.5) is 10.8 Å². The number of anilines is 2. The highest BCUT2D eigenvalue weighted by Gasteiger charge is 2.22. The van der Waals surface area contributed by atoms with Crippen molar-refractivity contribution in [2.75, 3.05) is 37.8 Å². The third-order valence-corrected chi connectivity index (χ3v) is 4.25. The van der Waals surface area contributed by atoms with Crippen molar-refractivity contribution < 1.29 is 9.53 Å². The first kappa shape index (κ1) is 14.1. The van der Waals surface area contributed by atoms with Crippen molar-refractivity contribution in [3.05, 3.63) is 5.56 Å². The largest absolute Gasteiger partial charge is 0.465 e. The Labute approximate surface area is 117 Å². The number of nitrogens with two attached hydrogens (primary N) is 1. The average Bonchev–Trinajstić information content (AvgIpc) is 3.04. The number of ether oxygens (including phenoxy) is 1. The molecule has 0 spiro atoms. The number of carbonyl (C=O) groups excluding carboxylic acids is 1. The minimum Gasteiger partial charge on any atom is -0.465 e. The first-order chi connectivity index (χ1) is 9.13. The van der Waals surface area contributed by atoms with Gasteiger partial charge >= 0.3 is 5.97 Å². The molecule has 1 aromatic rings. The summed E-state index contributed by atoms with van der Waals surface area (Å²) in [6, 6.07) is 0.427. The second-order valence-electron chi connectivity index (χ2n) is 4.74. The number of nitrogens with one attached hydrogen (secondary N) is 1. The van der Waals surface area contributed by atoms with Crippen molar-refractivity contribution >= 4 is 28.3 Å². The van der Waals surface area contributed by atoms with Crippen molar-refractivity contribution in [1.29, 1.82) is 0 Å². The first-order valence-corrected chi connectivity index (χ1v) is 7.22. The summed E-state index contributed by atoms with van der Waals surface area (Å²) in [5.41, 5.74) is 6.04. The lowest BCUT2D eigenvalue weighted by Gasteiger charge is -2.24. The quantitative estimate of drug-likeness (QED) is 0.796. The molecule has 2 heterocycles. The molecule has 1 aromatic heterocycles. The summed E-state index contributed by atoms with van der Waals surface area (Å²) < 4.78 is 8.72. The molecule has 6 nitrogen and oxygen atoms in total. The van der Waals surface area contributed by atoms with Gasteiger partial charge in [-0.15, -0.1) is 0 Å². The molecule has 0 aromatic carbocycles. The number of carbonyl (C=O) groups is 1. The van der Waals surface area contributed by atoms with Gasteiger partial charge < -0.3 is 15.8 Å². The lowest BCUT2D eigenvalue weighted by molar-refractivity contribution is 0.0603. The van der Waals surface area contributed by atoms with E-state index in [1.807, 2.05) is 0 Å². The SMILES string of the molecule is COC(=O)c1c(N)nsc1NCC(C)N1CCCC1. The number of aromatic nitrogens is 1. The average molecular weight is 284 g/mol. The second-order valence-corrected chi connectivity index (χ2v) is 5.51. The van der Waals surface area contributed by atoms with Crippen LogP contribution in [0, 0.1) is 0 Å². The number of likely N-dealkylation sites (tertiary alicyclic amines) is 1. The normalized spacial score (nSPS) is 17.4. The molecule has 1 saturated heterocycles. The molecule has 1 unspecified atom stereocenters. The Hall–Kier alpha value is -1.34. The molecule has 0 bridgehead atoms. The summed E-state index contributed by atoms with van der Waals surface area (Å²) in [7, 11) is 1.34. The van der Waals surface area contributed by atoms with Crippen LogP contribution in [0.1, 0.15) is 30.1 Å². The molecule has 0 radical (unpaired) electrons. The monoisotopic (exact) mass is 284 g/mol. The molecule has 0 saturated carbocycles. The minimum atomic E-state index is -0.442. The fraction of sp³-hybridized carbons (Fsp3) is 0.667. The predicted octanol–water partition coefficient (Wildman–Crippen LogP) is 1.41. The predicted molar refractivity (Wildman–Crippen MR) is 76.6 cm³/mol. The number of hydrogen-bond donors (Lipinski definition) is 2. The smallest absolute Gasteiger partial charge is 0.344 e. The molecular weight excluding hydrogens is 264 g/mol. The van der Waals surface area contributed by atoms with E-state index in [2.05, 4.69) is 21.5 Å². The maximum absolute atomic E-state index is 11.6. The second kappa shape index (κ2) is 6.21. The summed E-state index contributed by atoms with van der Waals surface area (Å²) in [5, 5.41) is 3.95. The van der Waals surface area contributed by atoms with Gasteiger partial charge in [-0.1, -0.05) is 0 Å². The van der Waals surface area contributed by atoms with Crippen molar-refractivity contribution in [3.8, 4) is 0 Å². The maximum Gasteiger partial charge on any atom is 0.344 e. The molecule has 2 rings (SSSR count). The van der Waals surface area contributed by atoms with E-state index in [0.29, 0.717) is 16.6 Å². The van der Waals surface area contributed by atoms with Gasteiger partial charge in [0.25, 0.3) is 0 Å². The fourth-order valence-corrected chi connectivity index (χ4v) is 2.98. The summed E-state index contributed by atoms with van der Waals surface area (Å²) in [5.74, 6) is -0.212. The Bertz CT molecular complexity index is 443. The third-order valence-electron chi connectivity index (χ3n) is 3.43. The van der Waals surface area contributed by atoms with Gasteiger partial charge in [-0.05, 0) is 44.4 Å². The van der Waals surface area contributed by atoms with Crippen LogP contribution < -0.4 is 11.1 Å². The zero-order valence-corrected chi connectivity index (χ0v) is 12.1. The Balaban J connectivity index is 1.97. The van der Waals surface area contributed by atoms with E-state index in [9.17, 15) is 4.79 Å². The number of methoxy groups -OCH3 is 1. The third kappa shape index (κ3) is 3.16. The highest BCUT2D eigenvalue weighted by Crippen LogP contribution is 2.27. The van der Waals surface area contributed by atoms with Crippen molar-refractivity contribution in [1.82, 2.24) is 9.27 Å². The van der Waals surface area contributed by atoms with Crippen LogP contribution in [0.2, 0.25) is 0 Å². The number of hydrogen-bond acceptors (Lipinski definition) is 7. The summed E-state index contributed by atoms with van der Waals surface area (Å²) in [6.07, 6.45) is 2.54. The number of nitrogen functional groups attached to an aromatic ring is 1. The first-order valence-electron chi connectivity index (χ1n) is 6.45. The van der Waals surface area contributed by atoms with Crippen LogP contribution >= 0.6 is 11.5 Å². The van der Waals surface area contributed by atoms with Gasteiger partial charge in [-0.25, -0.2) is 4.79 Å². The van der Waals surface area contributed by atoms with E-state index in [4.69, 9.17) is 10.5 Å². The molecule has 1 atom stereocenters. The van der Waals surface area contributed by atoms with Crippen LogP contribution in [0.3, 0.4) is 0 Å². The molecule has 7 heteroatoms. The maximum atomic E-state index is 11.6. The van der Waals surface area contributed by atoms with Gasteiger partial charge in [0, 0.05) is 12.6 Å². The van der Waals surface area contributed by atoms with E-state index in [0.717, 1.165) is 19.6 Å². The Morgan fingerprint density at radius 3 is 2.89 bits per heavy atom. The molecule has 1 fully saturated rings. The Kier molecular flexibility index (Phi) is 4.60. The topological polar surface area (TPSA) is 80.5 Å².